The molecule has 2 aliphatic carbocycles. The molecule has 4 heteroatoms. The number of carbonyl (C=O) groups is 1. The molecule has 0 aromatic rings. The maximum atomic E-state index is 9.97. The maximum absolute atomic E-state index is 9.97. The van der Waals surface area contributed by atoms with Gasteiger partial charge in [-0.25, -0.2) is 0 Å². The highest BCUT2D eigenvalue weighted by molar-refractivity contribution is 5.70. The van der Waals surface area contributed by atoms with Gasteiger partial charge in [0.2, 0.25) is 0 Å². The minimum atomic E-state index is -1.15. The Balaban J connectivity index is 0.000000239. The van der Waals surface area contributed by atoms with Crippen molar-refractivity contribution in [2.24, 2.45) is 5.73 Å². The van der Waals surface area contributed by atoms with E-state index in [4.69, 9.17) is 5.73 Å². The minimum absolute atomic E-state index is 0.527. The summed E-state index contributed by atoms with van der Waals surface area (Å²) >= 11 is 0. The van der Waals surface area contributed by atoms with Crippen molar-refractivity contribution in [3.8, 4) is 0 Å². The Labute approximate surface area is 136 Å². The maximum Gasteiger partial charge on any atom is 0.0861 e. The Bertz CT molecular complexity index is 269. The molecule has 4 N–H and O–H groups in total. The van der Waals surface area contributed by atoms with Gasteiger partial charge in [0.1, 0.15) is 0 Å². The van der Waals surface area contributed by atoms with Crippen LogP contribution in [0.5, 0.6) is 0 Å². The van der Waals surface area contributed by atoms with Gasteiger partial charge in [-0.15, -0.1) is 0 Å². The number of carboxylic acids is 1. The first-order chi connectivity index (χ1) is 10.6. The fourth-order valence-electron chi connectivity index (χ4n) is 3.58. The number of carboxylic acid groups (broad SMARTS) is 1. The second-order valence-corrected chi connectivity index (χ2v) is 7.06. The van der Waals surface area contributed by atoms with Gasteiger partial charge in [-0.1, -0.05) is 32.6 Å². The van der Waals surface area contributed by atoms with E-state index in [2.05, 4.69) is 5.32 Å². The van der Waals surface area contributed by atoms with Gasteiger partial charge in [0, 0.05) is 6.04 Å². The molecule has 2 aliphatic rings. The first-order valence-corrected chi connectivity index (χ1v) is 9.45. The summed E-state index contributed by atoms with van der Waals surface area (Å²) in [5, 5.41) is 12.7. The second-order valence-electron chi connectivity index (χ2n) is 7.06. The zero-order chi connectivity index (χ0) is 16.2. The Kier molecular flexibility index (Phi) is 10.5. The molecule has 0 bridgehead atoms. The first kappa shape index (κ1) is 19.4. The number of quaternary nitrogens is 1. The van der Waals surface area contributed by atoms with Gasteiger partial charge in [-0.05, 0) is 57.8 Å². The van der Waals surface area contributed by atoms with Crippen LogP contribution in [0.3, 0.4) is 0 Å². The van der Waals surface area contributed by atoms with Gasteiger partial charge >= 0.3 is 0 Å². The third-order valence-electron chi connectivity index (χ3n) is 5.02. The Morgan fingerprint density at radius 3 is 1.86 bits per heavy atom. The van der Waals surface area contributed by atoms with Crippen LogP contribution in [-0.2, 0) is 4.79 Å². The number of hydrogen-bond acceptors (Lipinski definition) is 3. The van der Waals surface area contributed by atoms with Crippen LogP contribution < -0.4 is 16.2 Å². The van der Waals surface area contributed by atoms with Gasteiger partial charge in [-0.2, -0.15) is 0 Å². The molecular formula is C18H36N2O2. The predicted molar refractivity (Wildman–Crippen MR) is 88.2 cm³/mol. The Hall–Kier alpha value is -0.610. The highest BCUT2D eigenvalue weighted by Gasteiger charge is 2.22. The van der Waals surface area contributed by atoms with Crippen molar-refractivity contribution >= 4 is 5.97 Å². The van der Waals surface area contributed by atoms with Crippen LogP contribution in [0.1, 0.15) is 90.4 Å². The summed E-state index contributed by atoms with van der Waals surface area (Å²) in [4.78, 5) is 9.97. The van der Waals surface area contributed by atoms with Crippen LogP contribution in [0, 0.1) is 0 Å². The van der Waals surface area contributed by atoms with E-state index in [1.807, 2.05) is 6.92 Å². The van der Waals surface area contributed by atoms with Gasteiger partial charge < -0.3 is 21.0 Å². The normalized spacial score (nSPS) is 21.7. The molecule has 2 saturated carbocycles. The van der Waals surface area contributed by atoms with Crippen molar-refractivity contribution in [1.82, 2.24) is 0 Å². The van der Waals surface area contributed by atoms with E-state index in [1.165, 1.54) is 64.2 Å². The third-order valence-corrected chi connectivity index (χ3v) is 5.02. The molecule has 0 aromatic heterocycles. The molecule has 2 fully saturated rings. The van der Waals surface area contributed by atoms with Crippen LogP contribution in [0.2, 0.25) is 0 Å². The molecule has 0 radical (unpaired) electrons. The van der Waals surface area contributed by atoms with Crippen molar-refractivity contribution in [2.75, 3.05) is 0 Å². The van der Waals surface area contributed by atoms with E-state index in [9.17, 15) is 9.90 Å². The number of nitrogens with two attached hydrogens (primary N) is 2. The lowest BCUT2D eigenvalue weighted by Gasteiger charge is -2.27. The van der Waals surface area contributed by atoms with E-state index in [0.717, 1.165) is 24.9 Å². The lowest BCUT2D eigenvalue weighted by atomic mass is 9.91. The standard InChI is InChI=1S/C12H23N.C6H13NO2/c1-3-7-11(8-4-1)13-12-9-5-2-6-10-12;1-2-3-4-5(7)6(8)9/h11-13H,1-10H2;5H,2-4,7H2,1H3,(H,8,9)/t;5-/m.0/s1. The molecule has 0 saturated heterocycles. The first-order valence-electron chi connectivity index (χ1n) is 9.45. The highest BCUT2D eigenvalue weighted by atomic mass is 16.4. The van der Waals surface area contributed by atoms with Gasteiger partial charge in [-0.3, -0.25) is 0 Å². The van der Waals surface area contributed by atoms with Crippen molar-refractivity contribution < 1.29 is 15.2 Å². The minimum Gasteiger partial charge on any atom is -0.548 e. The van der Waals surface area contributed by atoms with Crippen LogP contribution >= 0.6 is 0 Å². The van der Waals surface area contributed by atoms with E-state index in [0.29, 0.717) is 6.42 Å². The smallest absolute Gasteiger partial charge is 0.0861 e. The average molecular weight is 312 g/mol. The lowest BCUT2D eigenvalue weighted by molar-refractivity contribution is -0.725. The summed E-state index contributed by atoms with van der Waals surface area (Å²) in [6.07, 6.45) is 17.3. The number of rotatable bonds is 6. The molecule has 0 unspecified atom stereocenters. The average Bonchev–Trinajstić information content (AvgIpc) is 2.55. The van der Waals surface area contributed by atoms with E-state index >= 15 is 0 Å². The molecule has 0 aromatic carbocycles. The summed E-state index contributed by atoms with van der Waals surface area (Å²) in [7, 11) is 0. The topological polar surface area (TPSA) is 82.8 Å². The Morgan fingerprint density at radius 2 is 1.50 bits per heavy atom. The zero-order valence-corrected chi connectivity index (χ0v) is 14.4. The van der Waals surface area contributed by atoms with Crippen molar-refractivity contribution in [3.63, 3.8) is 0 Å². The summed E-state index contributed by atoms with van der Waals surface area (Å²) in [5.74, 6) is -1.15. The molecule has 2 rings (SSSR count). The summed E-state index contributed by atoms with van der Waals surface area (Å²) < 4.78 is 0. The molecule has 22 heavy (non-hydrogen) atoms. The van der Waals surface area contributed by atoms with Gasteiger partial charge in [0.15, 0.2) is 0 Å². The quantitative estimate of drug-likeness (QED) is 0.779. The van der Waals surface area contributed by atoms with Crippen LogP contribution in [0.4, 0.5) is 0 Å². The monoisotopic (exact) mass is 312 g/mol. The molecule has 0 spiro atoms. The number of carbonyl (C=O) groups excluding carboxylic acids is 1. The molecule has 4 nitrogen and oxygen atoms in total. The molecule has 0 heterocycles. The fraction of sp³-hybridized carbons (Fsp3) is 0.944. The second kappa shape index (κ2) is 11.9. The van der Waals surface area contributed by atoms with Gasteiger partial charge in [0.25, 0.3) is 0 Å². The predicted octanol–water partition coefficient (Wildman–Crippen LogP) is 1.47. The molecule has 0 amide bonds. The molecule has 1 atom stereocenters. The van der Waals surface area contributed by atoms with Gasteiger partial charge in [0.05, 0.1) is 18.1 Å². The number of aliphatic carboxylic acids is 1. The molecular weight excluding hydrogens is 276 g/mol. The highest BCUT2D eigenvalue weighted by Crippen LogP contribution is 2.18. The van der Waals surface area contributed by atoms with Crippen LogP contribution in [-0.4, -0.2) is 24.1 Å². The van der Waals surface area contributed by atoms with Crippen LogP contribution in [0.15, 0.2) is 0 Å². The van der Waals surface area contributed by atoms with Crippen LogP contribution in [0.25, 0.3) is 0 Å². The van der Waals surface area contributed by atoms with Crippen molar-refractivity contribution in [2.45, 2.75) is 109 Å². The van der Waals surface area contributed by atoms with E-state index in [-0.39, 0.29) is 0 Å². The molecule has 130 valence electrons. The SMILES string of the molecule is C1CCC([NH2+]C2CCCCC2)CC1.CCCC[C@H](N)C(=O)[O-]. The molecule has 0 aliphatic heterocycles. The largest absolute Gasteiger partial charge is 0.548 e. The summed E-state index contributed by atoms with van der Waals surface area (Å²) in [6, 6.07) is 1.22. The fourth-order valence-corrected chi connectivity index (χ4v) is 3.58. The summed E-state index contributed by atoms with van der Waals surface area (Å²) in [6.45, 7) is 1.99. The van der Waals surface area contributed by atoms with Crippen molar-refractivity contribution in [1.29, 1.82) is 0 Å². The lowest BCUT2D eigenvalue weighted by Crippen LogP contribution is -2.95. The third kappa shape index (κ3) is 8.74. The summed E-state index contributed by atoms with van der Waals surface area (Å²) in [5.41, 5.74) is 5.14. The Morgan fingerprint density at radius 1 is 1.05 bits per heavy atom. The van der Waals surface area contributed by atoms with Crippen molar-refractivity contribution in [3.05, 3.63) is 0 Å². The van der Waals surface area contributed by atoms with E-state index in [1.54, 1.807) is 0 Å². The number of hydrogen-bond donors (Lipinski definition) is 2. The number of unbranched alkanes of at least 4 members (excludes halogenated alkanes) is 1. The van der Waals surface area contributed by atoms with E-state index < -0.39 is 12.0 Å². The zero-order valence-electron chi connectivity index (χ0n) is 14.4.